The van der Waals surface area contributed by atoms with E-state index in [1.807, 2.05) is 4.90 Å². The van der Waals surface area contributed by atoms with Crippen LogP contribution in [0.4, 0.5) is 10.2 Å². The normalized spacial score (nSPS) is 21.7. The summed E-state index contributed by atoms with van der Waals surface area (Å²) in [6, 6.07) is 4.06. The lowest BCUT2D eigenvalue weighted by atomic mass is 9.94. The van der Waals surface area contributed by atoms with Crippen LogP contribution >= 0.6 is 0 Å². The highest BCUT2D eigenvalue weighted by molar-refractivity contribution is 5.80. The van der Waals surface area contributed by atoms with E-state index in [-0.39, 0.29) is 11.9 Å². The molecule has 2 aliphatic rings. The number of nitrogens with zero attached hydrogens (tertiary/aromatic N) is 4. The minimum atomic E-state index is -0.258. The van der Waals surface area contributed by atoms with Crippen LogP contribution in [0, 0.1) is 5.82 Å². The summed E-state index contributed by atoms with van der Waals surface area (Å²) in [6.07, 6.45) is 9.35. The minimum absolute atomic E-state index is 0.244. The number of halogens is 1. The number of rotatable bonds is 6. The Morgan fingerprint density at radius 1 is 1.33 bits per heavy atom. The number of hydrogen-bond acceptors (Lipinski definition) is 4. The lowest BCUT2D eigenvalue weighted by Gasteiger charge is -2.31. The van der Waals surface area contributed by atoms with Gasteiger partial charge in [-0.05, 0) is 38.4 Å². The van der Waals surface area contributed by atoms with Crippen LogP contribution in [0.3, 0.4) is 0 Å². The summed E-state index contributed by atoms with van der Waals surface area (Å²) in [5, 5.41) is 6.89. The summed E-state index contributed by atoms with van der Waals surface area (Å²) in [4.78, 5) is 13.0. The Kier molecular flexibility index (Phi) is 7.26. The fraction of sp³-hybridized carbons (Fsp3) is 0.700. The number of anilines is 1. The second-order valence-corrected chi connectivity index (χ2v) is 7.66. The minimum Gasteiger partial charge on any atom is -0.355 e. The lowest BCUT2D eigenvalue weighted by Crippen LogP contribution is -2.47. The molecule has 2 heterocycles. The Morgan fingerprint density at radius 3 is 2.89 bits per heavy atom. The van der Waals surface area contributed by atoms with E-state index in [1.54, 1.807) is 19.3 Å². The van der Waals surface area contributed by atoms with Crippen LogP contribution in [-0.4, -0.2) is 68.2 Å². The molecule has 27 heavy (non-hydrogen) atoms. The van der Waals surface area contributed by atoms with Gasteiger partial charge in [-0.1, -0.05) is 19.3 Å². The molecule has 1 aliphatic heterocycles. The van der Waals surface area contributed by atoms with Gasteiger partial charge in [0.05, 0.1) is 0 Å². The third-order valence-electron chi connectivity index (χ3n) is 5.75. The highest BCUT2D eigenvalue weighted by atomic mass is 19.1. The molecule has 2 fully saturated rings. The first-order valence-corrected chi connectivity index (χ1v) is 10.2. The van der Waals surface area contributed by atoms with Crippen molar-refractivity contribution in [3.63, 3.8) is 0 Å². The maximum absolute atomic E-state index is 13.9. The van der Waals surface area contributed by atoms with E-state index in [2.05, 4.69) is 32.6 Å². The van der Waals surface area contributed by atoms with Gasteiger partial charge in [-0.3, -0.25) is 4.99 Å². The van der Waals surface area contributed by atoms with Crippen molar-refractivity contribution in [2.24, 2.45) is 4.99 Å². The van der Waals surface area contributed by atoms with Crippen molar-refractivity contribution in [1.29, 1.82) is 0 Å². The van der Waals surface area contributed by atoms with Crippen LogP contribution in [0.15, 0.2) is 23.3 Å². The molecular weight excluding hydrogens is 343 g/mol. The number of aromatic nitrogens is 1. The van der Waals surface area contributed by atoms with Crippen molar-refractivity contribution in [2.75, 3.05) is 45.2 Å². The summed E-state index contributed by atoms with van der Waals surface area (Å²) in [7, 11) is 4.02. The third-order valence-corrected chi connectivity index (χ3v) is 5.75. The second kappa shape index (κ2) is 9.88. The standard InChI is InChI=1S/C20H33FN6/c1-22-20(24-12-14-26(2)17-7-4-3-5-8-17)25-16-10-13-27(15-16)19-18(21)9-6-11-23-19/h6,9,11,16-17H,3-5,7-8,10,12-15H2,1-2H3,(H2,22,24,25). The van der Waals surface area contributed by atoms with Crippen LogP contribution in [-0.2, 0) is 0 Å². The summed E-state index contributed by atoms with van der Waals surface area (Å²) < 4.78 is 13.9. The molecule has 7 heteroatoms. The molecule has 0 aromatic carbocycles. The highest BCUT2D eigenvalue weighted by Crippen LogP contribution is 2.22. The average Bonchev–Trinajstić information content (AvgIpc) is 3.16. The number of nitrogens with one attached hydrogen (secondary N) is 2. The molecule has 1 aliphatic carbocycles. The van der Waals surface area contributed by atoms with Gasteiger partial charge in [-0.15, -0.1) is 0 Å². The Hall–Kier alpha value is -1.89. The molecule has 6 nitrogen and oxygen atoms in total. The predicted octanol–water partition coefficient (Wildman–Crippen LogP) is 2.23. The first-order valence-electron chi connectivity index (χ1n) is 10.2. The van der Waals surface area contributed by atoms with Gasteiger partial charge in [0.15, 0.2) is 17.6 Å². The van der Waals surface area contributed by atoms with E-state index in [1.165, 1.54) is 38.2 Å². The van der Waals surface area contributed by atoms with Gasteiger partial charge in [-0.25, -0.2) is 9.37 Å². The van der Waals surface area contributed by atoms with Crippen LogP contribution < -0.4 is 15.5 Å². The van der Waals surface area contributed by atoms with Crippen LogP contribution in [0.2, 0.25) is 0 Å². The van der Waals surface area contributed by atoms with Crippen LogP contribution in [0.1, 0.15) is 38.5 Å². The molecule has 1 saturated heterocycles. The SMILES string of the molecule is CN=C(NCCN(C)C1CCCCC1)NC1CCN(c2ncccc2F)C1. The van der Waals surface area contributed by atoms with Crippen LogP contribution in [0.5, 0.6) is 0 Å². The summed E-state index contributed by atoms with van der Waals surface area (Å²) in [5.41, 5.74) is 0. The Bertz CT molecular complexity index is 616. The van der Waals surface area contributed by atoms with Crippen molar-refractivity contribution >= 4 is 11.8 Å². The van der Waals surface area contributed by atoms with E-state index >= 15 is 0 Å². The van der Waals surface area contributed by atoms with Crippen molar-refractivity contribution in [3.05, 3.63) is 24.1 Å². The molecule has 1 saturated carbocycles. The molecule has 0 bridgehead atoms. The number of hydrogen-bond donors (Lipinski definition) is 2. The molecule has 1 aromatic rings. The zero-order chi connectivity index (χ0) is 19.1. The van der Waals surface area contributed by atoms with E-state index in [0.717, 1.165) is 44.6 Å². The van der Waals surface area contributed by atoms with E-state index in [4.69, 9.17) is 0 Å². The smallest absolute Gasteiger partial charge is 0.191 e. The molecule has 150 valence electrons. The topological polar surface area (TPSA) is 55.8 Å². The molecule has 1 aromatic heterocycles. The summed E-state index contributed by atoms with van der Waals surface area (Å²) in [6.45, 7) is 3.42. The van der Waals surface area contributed by atoms with E-state index in [9.17, 15) is 4.39 Å². The fourth-order valence-electron chi connectivity index (χ4n) is 4.12. The van der Waals surface area contributed by atoms with E-state index in [0.29, 0.717) is 5.82 Å². The molecule has 0 spiro atoms. The summed E-state index contributed by atoms with van der Waals surface area (Å²) in [5.74, 6) is 1.01. The largest absolute Gasteiger partial charge is 0.355 e. The monoisotopic (exact) mass is 376 g/mol. The van der Waals surface area contributed by atoms with Gasteiger partial charge < -0.3 is 20.4 Å². The van der Waals surface area contributed by atoms with Crippen molar-refractivity contribution in [2.45, 2.75) is 50.6 Å². The zero-order valence-corrected chi connectivity index (χ0v) is 16.6. The van der Waals surface area contributed by atoms with E-state index < -0.39 is 0 Å². The molecule has 3 rings (SSSR count). The Labute approximate surface area is 162 Å². The van der Waals surface area contributed by atoms with Gasteiger partial charge in [-0.2, -0.15) is 0 Å². The zero-order valence-electron chi connectivity index (χ0n) is 16.6. The predicted molar refractivity (Wildman–Crippen MR) is 109 cm³/mol. The third kappa shape index (κ3) is 5.54. The van der Waals surface area contributed by atoms with Crippen LogP contribution in [0.25, 0.3) is 0 Å². The lowest BCUT2D eigenvalue weighted by molar-refractivity contribution is 0.194. The number of pyridine rings is 1. The first kappa shape index (κ1) is 19.9. The molecule has 0 radical (unpaired) electrons. The fourth-order valence-corrected chi connectivity index (χ4v) is 4.12. The average molecular weight is 377 g/mol. The Morgan fingerprint density at radius 2 is 2.15 bits per heavy atom. The van der Waals surface area contributed by atoms with Gasteiger partial charge in [0.2, 0.25) is 0 Å². The quantitative estimate of drug-likeness (QED) is 0.589. The first-order chi connectivity index (χ1) is 13.2. The number of guanidine groups is 1. The molecule has 1 atom stereocenters. The van der Waals surface area contributed by atoms with Gasteiger partial charge >= 0.3 is 0 Å². The van der Waals surface area contributed by atoms with Crippen molar-refractivity contribution in [1.82, 2.24) is 20.5 Å². The second-order valence-electron chi connectivity index (χ2n) is 7.66. The maximum Gasteiger partial charge on any atom is 0.191 e. The van der Waals surface area contributed by atoms with Gasteiger partial charge in [0, 0.05) is 51.5 Å². The number of likely N-dealkylation sites (N-methyl/N-ethyl adjacent to an activating group) is 1. The van der Waals surface area contributed by atoms with Gasteiger partial charge in [0.25, 0.3) is 0 Å². The molecule has 1 unspecified atom stereocenters. The van der Waals surface area contributed by atoms with Crippen molar-refractivity contribution < 1.29 is 4.39 Å². The molecular formula is C20H33FN6. The van der Waals surface area contributed by atoms with Crippen molar-refractivity contribution in [3.8, 4) is 0 Å². The van der Waals surface area contributed by atoms with Gasteiger partial charge in [0.1, 0.15) is 0 Å². The molecule has 0 amide bonds. The Balaban J connectivity index is 1.41. The summed E-state index contributed by atoms with van der Waals surface area (Å²) >= 11 is 0. The molecule has 2 N–H and O–H groups in total. The maximum atomic E-state index is 13.9. The highest BCUT2D eigenvalue weighted by Gasteiger charge is 2.26. The number of aliphatic imine (C=N–C) groups is 1.